The lowest BCUT2D eigenvalue weighted by Crippen LogP contribution is -2.40. The molecule has 1 atom stereocenters. The van der Waals surface area contributed by atoms with E-state index in [9.17, 15) is 0 Å². The van der Waals surface area contributed by atoms with E-state index in [4.69, 9.17) is 5.73 Å². The molecule has 0 fully saturated rings. The molecule has 0 radical (unpaired) electrons. The summed E-state index contributed by atoms with van der Waals surface area (Å²) in [5.41, 5.74) is 10.5. The predicted octanol–water partition coefficient (Wildman–Crippen LogP) is 3.15. The lowest BCUT2D eigenvalue weighted by atomic mass is 9.73. The average molecular weight is 203 g/mol. The van der Waals surface area contributed by atoms with E-state index in [0.717, 1.165) is 0 Å². The van der Waals surface area contributed by atoms with Crippen molar-refractivity contribution in [1.82, 2.24) is 0 Å². The van der Waals surface area contributed by atoms with E-state index in [1.807, 2.05) is 0 Å². The van der Waals surface area contributed by atoms with E-state index in [1.165, 1.54) is 36.0 Å². The summed E-state index contributed by atoms with van der Waals surface area (Å²) in [6.07, 6.45) is 3.74. The molecular formula is C14H21N. The molecule has 0 aromatic heterocycles. The van der Waals surface area contributed by atoms with Gasteiger partial charge in [-0.05, 0) is 51.2 Å². The summed E-state index contributed by atoms with van der Waals surface area (Å²) in [7, 11) is 0. The average Bonchev–Trinajstić information content (AvgIpc) is 2.15. The molecule has 82 valence electrons. The fourth-order valence-electron chi connectivity index (χ4n) is 2.69. The van der Waals surface area contributed by atoms with Crippen molar-refractivity contribution in [3.05, 3.63) is 34.9 Å². The van der Waals surface area contributed by atoms with Gasteiger partial charge in [-0.1, -0.05) is 23.8 Å². The highest BCUT2D eigenvalue weighted by Gasteiger charge is 2.30. The Hall–Kier alpha value is -0.820. The minimum atomic E-state index is -0.0943. The first kappa shape index (κ1) is 10.7. The van der Waals surface area contributed by atoms with Crippen molar-refractivity contribution in [2.24, 2.45) is 5.73 Å². The van der Waals surface area contributed by atoms with Gasteiger partial charge < -0.3 is 5.73 Å². The Kier molecular flexibility index (Phi) is 2.59. The van der Waals surface area contributed by atoms with Gasteiger partial charge in [0.25, 0.3) is 0 Å². The zero-order valence-electron chi connectivity index (χ0n) is 10.0. The Morgan fingerprint density at radius 2 is 2.07 bits per heavy atom. The molecule has 0 spiro atoms. The van der Waals surface area contributed by atoms with Crippen LogP contribution in [0.4, 0.5) is 0 Å². The van der Waals surface area contributed by atoms with Crippen LogP contribution >= 0.6 is 0 Å². The molecule has 1 heteroatoms. The van der Waals surface area contributed by atoms with Crippen molar-refractivity contribution in [2.45, 2.75) is 51.5 Å². The predicted molar refractivity (Wildman–Crippen MR) is 65.1 cm³/mol. The molecule has 1 aliphatic carbocycles. The normalized spacial score (nSPS) is 21.2. The Balaban J connectivity index is 2.45. The smallest absolute Gasteiger partial charge is 0.0166 e. The van der Waals surface area contributed by atoms with Crippen LogP contribution in [0, 0.1) is 6.92 Å². The number of hydrogen-bond acceptors (Lipinski definition) is 1. The summed E-state index contributed by atoms with van der Waals surface area (Å²) in [4.78, 5) is 0. The van der Waals surface area contributed by atoms with Gasteiger partial charge in [0, 0.05) is 11.5 Å². The van der Waals surface area contributed by atoms with Gasteiger partial charge in [0.15, 0.2) is 0 Å². The summed E-state index contributed by atoms with van der Waals surface area (Å²) < 4.78 is 0. The van der Waals surface area contributed by atoms with Crippen molar-refractivity contribution in [2.75, 3.05) is 0 Å². The monoisotopic (exact) mass is 203 g/mol. The number of hydrogen-bond donors (Lipinski definition) is 1. The first-order valence-electron chi connectivity index (χ1n) is 5.87. The first-order chi connectivity index (χ1) is 6.98. The molecule has 2 rings (SSSR count). The summed E-state index contributed by atoms with van der Waals surface area (Å²) in [6, 6.07) is 6.82. The van der Waals surface area contributed by atoms with Gasteiger partial charge in [-0.15, -0.1) is 0 Å². The van der Waals surface area contributed by atoms with Gasteiger partial charge in [0.05, 0.1) is 0 Å². The fraction of sp³-hybridized carbons (Fsp3) is 0.571. The highest BCUT2D eigenvalue weighted by atomic mass is 14.7. The standard InChI is InChI=1S/C14H21N/c1-10-7-8-11-5-4-6-13(12(11)9-10)14(2,3)15/h7-9,13H,4-6,15H2,1-3H3. The van der Waals surface area contributed by atoms with Crippen LogP contribution in [0.15, 0.2) is 18.2 Å². The molecule has 1 unspecified atom stereocenters. The summed E-state index contributed by atoms with van der Waals surface area (Å²) in [5, 5.41) is 0. The minimum absolute atomic E-state index is 0.0943. The first-order valence-corrected chi connectivity index (χ1v) is 5.87. The Bertz CT molecular complexity index is 360. The van der Waals surface area contributed by atoms with Crippen molar-refractivity contribution in [3.63, 3.8) is 0 Å². The number of benzene rings is 1. The van der Waals surface area contributed by atoms with E-state index in [0.29, 0.717) is 5.92 Å². The molecule has 0 bridgehead atoms. The van der Waals surface area contributed by atoms with Crippen LogP contribution in [0.2, 0.25) is 0 Å². The lowest BCUT2D eigenvalue weighted by molar-refractivity contribution is 0.368. The Morgan fingerprint density at radius 3 is 2.73 bits per heavy atom. The van der Waals surface area contributed by atoms with Crippen molar-refractivity contribution in [3.8, 4) is 0 Å². The van der Waals surface area contributed by atoms with Gasteiger partial charge in [-0.2, -0.15) is 0 Å². The van der Waals surface area contributed by atoms with Crippen LogP contribution in [0.5, 0.6) is 0 Å². The third-order valence-corrected chi connectivity index (χ3v) is 3.51. The topological polar surface area (TPSA) is 26.0 Å². The van der Waals surface area contributed by atoms with E-state index in [1.54, 1.807) is 0 Å². The lowest BCUT2D eigenvalue weighted by Gasteiger charge is -2.35. The maximum Gasteiger partial charge on any atom is 0.0166 e. The van der Waals surface area contributed by atoms with Crippen LogP contribution < -0.4 is 5.73 Å². The SMILES string of the molecule is Cc1ccc2c(c1)C(C(C)(C)N)CCC2. The molecule has 0 saturated carbocycles. The second-order valence-electron chi connectivity index (χ2n) is 5.47. The largest absolute Gasteiger partial charge is 0.325 e. The molecule has 15 heavy (non-hydrogen) atoms. The van der Waals surface area contributed by atoms with Gasteiger partial charge in [0.2, 0.25) is 0 Å². The summed E-state index contributed by atoms with van der Waals surface area (Å²) >= 11 is 0. The molecule has 0 amide bonds. The zero-order chi connectivity index (χ0) is 11.1. The molecule has 0 aliphatic heterocycles. The number of nitrogens with two attached hydrogens (primary N) is 1. The molecule has 2 N–H and O–H groups in total. The summed E-state index contributed by atoms with van der Waals surface area (Å²) in [5.74, 6) is 0.529. The van der Waals surface area contributed by atoms with Crippen molar-refractivity contribution >= 4 is 0 Å². The number of fused-ring (bicyclic) bond motifs is 1. The Labute approximate surface area is 92.7 Å². The van der Waals surface area contributed by atoms with Crippen LogP contribution in [0.25, 0.3) is 0 Å². The van der Waals surface area contributed by atoms with E-state index in [-0.39, 0.29) is 5.54 Å². The molecule has 1 aliphatic rings. The van der Waals surface area contributed by atoms with Crippen molar-refractivity contribution in [1.29, 1.82) is 0 Å². The van der Waals surface area contributed by atoms with E-state index < -0.39 is 0 Å². The molecule has 1 nitrogen and oxygen atoms in total. The zero-order valence-corrected chi connectivity index (χ0v) is 10.0. The van der Waals surface area contributed by atoms with Gasteiger partial charge >= 0.3 is 0 Å². The number of rotatable bonds is 1. The quantitative estimate of drug-likeness (QED) is 0.745. The third kappa shape index (κ3) is 2.07. The Morgan fingerprint density at radius 1 is 1.33 bits per heavy atom. The molecule has 0 heterocycles. The third-order valence-electron chi connectivity index (χ3n) is 3.51. The van der Waals surface area contributed by atoms with Crippen molar-refractivity contribution < 1.29 is 0 Å². The second kappa shape index (κ2) is 3.64. The van der Waals surface area contributed by atoms with E-state index in [2.05, 4.69) is 39.0 Å². The van der Waals surface area contributed by atoms with Crippen LogP contribution in [-0.4, -0.2) is 5.54 Å². The highest BCUT2D eigenvalue weighted by molar-refractivity contribution is 5.37. The molecule has 1 aromatic rings. The van der Waals surface area contributed by atoms with Crippen LogP contribution in [0.3, 0.4) is 0 Å². The molecule has 0 saturated heterocycles. The van der Waals surface area contributed by atoms with E-state index >= 15 is 0 Å². The molecular weight excluding hydrogens is 182 g/mol. The molecule has 1 aromatic carbocycles. The van der Waals surface area contributed by atoms with Gasteiger partial charge in [-0.25, -0.2) is 0 Å². The second-order valence-corrected chi connectivity index (χ2v) is 5.47. The van der Waals surface area contributed by atoms with Gasteiger partial charge in [0.1, 0.15) is 0 Å². The number of aryl methyl sites for hydroxylation is 2. The van der Waals surface area contributed by atoms with Gasteiger partial charge in [-0.3, -0.25) is 0 Å². The summed E-state index contributed by atoms with van der Waals surface area (Å²) in [6.45, 7) is 6.46. The van der Waals surface area contributed by atoms with Crippen LogP contribution in [-0.2, 0) is 6.42 Å². The fourth-order valence-corrected chi connectivity index (χ4v) is 2.69. The maximum absolute atomic E-state index is 6.28. The van der Waals surface area contributed by atoms with Crippen LogP contribution in [0.1, 0.15) is 49.3 Å². The highest BCUT2D eigenvalue weighted by Crippen LogP contribution is 2.38. The minimum Gasteiger partial charge on any atom is -0.325 e. The maximum atomic E-state index is 6.28.